The van der Waals surface area contributed by atoms with Crippen LogP contribution in [0.5, 0.6) is 0 Å². The lowest BCUT2D eigenvalue weighted by atomic mass is 9.87. The van der Waals surface area contributed by atoms with Crippen LogP contribution in [0.4, 0.5) is 10.2 Å². The number of nitrogens with zero attached hydrogens (tertiary/aromatic N) is 2. The van der Waals surface area contributed by atoms with Crippen LogP contribution in [-0.2, 0) is 12.8 Å². The van der Waals surface area contributed by atoms with E-state index in [-0.39, 0.29) is 23.0 Å². The molecular weight excluding hydrogens is 543 g/mol. The van der Waals surface area contributed by atoms with Gasteiger partial charge in [-0.2, -0.15) is 0 Å². The summed E-state index contributed by atoms with van der Waals surface area (Å²) in [6, 6.07) is 19.7. The molecule has 204 valence electrons. The van der Waals surface area contributed by atoms with E-state index in [1.165, 1.54) is 12.1 Å². The predicted molar refractivity (Wildman–Crippen MR) is 165 cm³/mol. The van der Waals surface area contributed by atoms with Gasteiger partial charge in [-0.25, -0.2) is 9.37 Å². The van der Waals surface area contributed by atoms with Crippen LogP contribution in [0.3, 0.4) is 0 Å². The summed E-state index contributed by atoms with van der Waals surface area (Å²) in [4.78, 5) is 19.6. The highest BCUT2D eigenvalue weighted by atomic mass is 35.5. The fraction of sp³-hybridized carbons (Fsp3) is 0.250. The number of carbonyl (C=O) groups is 1. The van der Waals surface area contributed by atoms with Crippen molar-refractivity contribution in [1.29, 1.82) is 0 Å². The number of likely N-dealkylation sites (N-methyl/N-ethyl adjacent to an activating group) is 1. The van der Waals surface area contributed by atoms with Gasteiger partial charge in [0, 0.05) is 41.0 Å². The highest BCUT2D eigenvalue weighted by Gasteiger charge is 2.20. The van der Waals surface area contributed by atoms with Crippen molar-refractivity contribution >= 4 is 48.2 Å². The second-order valence-electron chi connectivity index (χ2n) is 9.95. The maximum absolute atomic E-state index is 14.0. The molecule has 0 bridgehead atoms. The zero-order valence-electron chi connectivity index (χ0n) is 23.0. The molecule has 2 radical (unpaired) electrons. The molecule has 2 atom stereocenters. The summed E-state index contributed by atoms with van der Waals surface area (Å²) in [5.74, 6) is 0.109. The van der Waals surface area contributed by atoms with E-state index in [9.17, 15) is 9.18 Å². The first-order chi connectivity index (χ1) is 19.1. The van der Waals surface area contributed by atoms with Gasteiger partial charge >= 0.3 is 0 Å². The number of pyridine rings is 1. The second kappa shape index (κ2) is 12.9. The summed E-state index contributed by atoms with van der Waals surface area (Å²) < 4.78 is 14.0. The van der Waals surface area contributed by atoms with Gasteiger partial charge in [0.05, 0.1) is 11.1 Å². The number of hydrogen-bond donors (Lipinski definition) is 1. The summed E-state index contributed by atoms with van der Waals surface area (Å²) in [7, 11) is 7.90. The molecule has 3 aromatic carbocycles. The van der Waals surface area contributed by atoms with Gasteiger partial charge in [0.15, 0.2) is 0 Å². The van der Waals surface area contributed by atoms with Crippen LogP contribution >= 0.6 is 23.2 Å². The van der Waals surface area contributed by atoms with Gasteiger partial charge < -0.3 is 10.2 Å². The van der Waals surface area contributed by atoms with E-state index >= 15 is 0 Å². The van der Waals surface area contributed by atoms with Gasteiger partial charge in [0.25, 0.3) is 5.91 Å². The molecule has 40 heavy (non-hydrogen) atoms. The fourth-order valence-corrected chi connectivity index (χ4v) is 5.37. The van der Waals surface area contributed by atoms with E-state index < -0.39 is 5.82 Å². The zero-order valence-corrected chi connectivity index (χ0v) is 24.5. The summed E-state index contributed by atoms with van der Waals surface area (Å²) in [5.41, 5.74) is 5.72. The molecule has 0 aliphatic heterocycles. The highest BCUT2D eigenvalue weighted by molar-refractivity contribution is 6.36. The lowest BCUT2D eigenvalue weighted by molar-refractivity contribution is 0.0743. The Morgan fingerprint density at radius 2 is 1.73 bits per heavy atom. The normalized spacial score (nSPS) is 12.6. The number of carbonyl (C=O) groups excluding carboxylic acids is 1. The highest BCUT2D eigenvalue weighted by Crippen LogP contribution is 2.35. The number of benzene rings is 3. The quantitative estimate of drug-likeness (QED) is 0.167. The molecule has 4 nitrogen and oxygen atoms in total. The van der Waals surface area contributed by atoms with E-state index in [1.807, 2.05) is 76.3 Å². The van der Waals surface area contributed by atoms with Gasteiger partial charge in [-0.1, -0.05) is 77.6 Å². The van der Waals surface area contributed by atoms with Crippen LogP contribution in [0.15, 0.2) is 72.9 Å². The molecule has 4 rings (SSSR count). The summed E-state index contributed by atoms with van der Waals surface area (Å²) in [6.07, 6.45) is 3.18. The van der Waals surface area contributed by atoms with Crippen LogP contribution in [0.2, 0.25) is 10.0 Å². The molecule has 1 aromatic heterocycles. The minimum Gasteiger partial charge on any atom is -0.363 e. The molecule has 8 heteroatoms. The van der Waals surface area contributed by atoms with Gasteiger partial charge in [-0.3, -0.25) is 4.79 Å². The number of hydrogen-bond acceptors (Lipinski definition) is 3. The van der Waals surface area contributed by atoms with Crippen LogP contribution in [0.1, 0.15) is 53.9 Å². The molecule has 0 aliphatic rings. The molecule has 4 aromatic rings. The van der Waals surface area contributed by atoms with Crippen molar-refractivity contribution < 1.29 is 9.18 Å². The third-order valence-electron chi connectivity index (χ3n) is 7.23. The first-order valence-corrected chi connectivity index (χ1v) is 14.0. The Bertz CT molecular complexity index is 1510. The summed E-state index contributed by atoms with van der Waals surface area (Å²) >= 11 is 12.5. The minimum atomic E-state index is -0.516. The third kappa shape index (κ3) is 6.51. The molecule has 1 amide bonds. The van der Waals surface area contributed by atoms with Gasteiger partial charge in [0.1, 0.15) is 19.5 Å². The molecule has 0 spiro atoms. The van der Waals surface area contributed by atoms with Crippen LogP contribution in [0, 0.1) is 5.82 Å². The SMILES string of the molecule is [B]c1ccccc1CC(C)N(C)C(=O)c1ccc(-c2cnc(N[C@@H](C)c3c(Cl)ccc(F)c3Cl)c(CC)c2)cc1. The lowest BCUT2D eigenvalue weighted by Gasteiger charge is -2.26. The Hall–Kier alpha value is -3.35. The van der Waals surface area contributed by atoms with Gasteiger partial charge in [0.2, 0.25) is 0 Å². The third-order valence-corrected chi connectivity index (χ3v) is 7.94. The molecule has 1 unspecified atom stereocenters. The van der Waals surface area contributed by atoms with Crippen molar-refractivity contribution in [1.82, 2.24) is 9.88 Å². The van der Waals surface area contributed by atoms with Crippen molar-refractivity contribution in [2.75, 3.05) is 12.4 Å². The molecule has 0 saturated carbocycles. The average Bonchev–Trinajstić information content (AvgIpc) is 2.96. The number of anilines is 1. The smallest absolute Gasteiger partial charge is 0.253 e. The molecule has 1 heterocycles. The van der Waals surface area contributed by atoms with Crippen LogP contribution < -0.4 is 10.8 Å². The first-order valence-electron chi connectivity index (χ1n) is 13.2. The number of aryl methyl sites for hydroxylation is 1. The minimum absolute atomic E-state index is 0.000963. The fourth-order valence-electron chi connectivity index (χ4n) is 4.67. The first kappa shape index (κ1) is 29.6. The summed E-state index contributed by atoms with van der Waals surface area (Å²) in [5, 5.41) is 3.72. The predicted octanol–water partition coefficient (Wildman–Crippen LogP) is 7.43. The number of halogens is 3. The molecular formula is C32H31BCl2FN3O. The van der Waals surface area contributed by atoms with E-state index in [0.29, 0.717) is 28.4 Å². The monoisotopic (exact) mass is 573 g/mol. The van der Waals surface area contributed by atoms with E-state index in [4.69, 9.17) is 31.0 Å². The van der Waals surface area contributed by atoms with Crippen molar-refractivity contribution in [2.45, 2.75) is 45.7 Å². The van der Waals surface area contributed by atoms with Gasteiger partial charge in [-0.15, -0.1) is 0 Å². The Balaban J connectivity index is 1.48. The number of amides is 1. The molecule has 1 N–H and O–H groups in total. The van der Waals surface area contributed by atoms with Crippen molar-refractivity contribution in [3.8, 4) is 11.1 Å². The van der Waals surface area contributed by atoms with E-state index in [2.05, 4.69) is 16.4 Å². The average molecular weight is 574 g/mol. The Labute approximate surface area is 247 Å². The standard InChI is InChI=1S/C32H31BCl2FN3O/c1-5-21-17-25(18-37-31(21)38-20(3)29-27(34)14-15-28(36)30(29)35)22-10-12-23(13-11-22)32(40)39(4)19(2)16-24-8-6-7-9-26(24)33/h6-15,17-20H,5,16H2,1-4H3,(H,37,38)/t19?,20-/m0/s1. The maximum Gasteiger partial charge on any atom is 0.253 e. The number of aromatic nitrogens is 1. The van der Waals surface area contributed by atoms with Crippen LogP contribution in [-0.4, -0.2) is 36.7 Å². The number of rotatable bonds is 9. The maximum atomic E-state index is 14.0. The van der Waals surface area contributed by atoms with Crippen molar-refractivity contribution in [3.05, 3.63) is 111 Å². The Morgan fingerprint density at radius 3 is 2.40 bits per heavy atom. The van der Waals surface area contributed by atoms with Crippen molar-refractivity contribution in [3.63, 3.8) is 0 Å². The van der Waals surface area contributed by atoms with Crippen LogP contribution in [0.25, 0.3) is 11.1 Å². The zero-order chi connectivity index (χ0) is 29.0. The molecule has 0 aliphatic carbocycles. The molecule has 0 fully saturated rings. The second-order valence-corrected chi connectivity index (χ2v) is 10.7. The van der Waals surface area contributed by atoms with E-state index in [1.54, 1.807) is 11.1 Å². The van der Waals surface area contributed by atoms with Gasteiger partial charge in [-0.05, 0) is 68.1 Å². The molecule has 0 saturated heterocycles. The van der Waals surface area contributed by atoms with E-state index in [0.717, 1.165) is 34.1 Å². The Morgan fingerprint density at radius 1 is 1.02 bits per heavy atom. The lowest BCUT2D eigenvalue weighted by Crippen LogP contribution is -2.37. The Kier molecular flexibility index (Phi) is 9.54. The van der Waals surface area contributed by atoms with Crippen molar-refractivity contribution in [2.24, 2.45) is 0 Å². The topological polar surface area (TPSA) is 45.2 Å². The largest absolute Gasteiger partial charge is 0.363 e. The summed E-state index contributed by atoms with van der Waals surface area (Å²) in [6.45, 7) is 5.92. The number of nitrogens with one attached hydrogen (secondary N) is 1.